The van der Waals surface area contributed by atoms with Gasteiger partial charge in [-0.25, -0.2) is 0 Å². The number of carbonyl (C=O) groups excluding carboxylic acids is 1. The Kier molecular flexibility index (Phi) is 6.19. The third-order valence-corrected chi connectivity index (χ3v) is 6.39. The largest absolute Gasteiger partial charge is 0.496 e. The number of hydrogen-bond acceptors (Lipinski definition) is 3. The quantitative estimate of drug-likeness (QED) is 0.601. The molecule has 156 valence electrons. The zero-order valence-electron chi connectivity index (χ0n) is 17.7. The lowest BCUT2D eigenvalue weighted by Crippen LogP contribution is -2.41. The van der Waals surface area contributed by atoms with Crippen molar-refractivity contribution < 1.29 is 14.6 Å². The molecule has 0 radical (unpaired) electrons. The number of carbonyl (C=O) groups is 1. The van der Waals surface area contributed by atoms with Crippen molar-refractivity contribution in [3.05, 3.63) is 77.4 Å². The smallest absolute Gasteiger partial charge is 0.164 e. The second-order valence-corrected chi connectivity index (χ2v) is 8.50. The molecule has 0 spiro atoms. The molecular weight excluding hydrogens is 372 g/mol. The van der Waals surface area contributed by atoms with E-state index < -0.39 is 5.60 Å². The first kappa shape index (κ1) is 20.6. The van der Waals surface area contributed by atoms with Crippen molar-refractivity contribution in [2.24, 2.45) is 0 Å². The average molecular weight is 403 g/mol. The second kappa shape index (κ2) is 9.01. The Labute approximate surface area is 178 Å². The summed E-state index contributed by atoms with van der Waals surface area (Å²) >= 11 is 0. The van der Waals surface area contributed by atoms with Crippen molar-refractivity contribution >= 4 is 16.6 Å². The zero-order valence-corrected chi connectivity index (χ0v) is 17.7. The minimum absolute atomic E-state index is 0.0123. The Morgan fingerprint density at radius 2 is 1.73 bits per heavy atom. The van der Waals surface area contributed by atoms with Crippen molar-refractivity contribution in [1.82, 2.24) is 0 Å². The van der Waals surface area contributed by atoms with E-state index in [1.807, 2.05) is 24.3 Å². The van der Waals surface area contributed by atoms with Crippen LogP contribution in [0.4, 0.5) is 0 Å². The van der Waals surface area contributed by atoms with Gasteiger partial charge in [-0.2, -0.15) is 0 Å². The first-order valence-electron chi connectivity index (χ1n) is 11.0. The van der Waals surface area contributed by atoms with Crippen LogP contribution in [0.2, 0.25) is 0 Å². The van der Waals surface area contributed by atoms with Gasteiger partial charge >= 0.3 is 0 Å². The van der Waals surface area contributed by atoms with Gasteiger partial charge in [-0.05, 0) is 40.8 Å². The molecular formula is C27H30O3. The zero-order chi connectivity index (χ0) is 21.0. The molecule has 3 heteroatoms. The maximum Gasteiger partial charge on any atom is 0.164 e. The van der Waals surface area contributed by atoms with E-state index in [0.717, 1.165) is 42.6 Å². The summed E-state index contributed by atoms with van der Waals surface area (Å²) in [6, 6.07) is 20.8. The number of fused-ring (bicyclic) bond motifs is 1. The first-order chi connectivity index (χ1) is 14.6. The molecule has 0 aliphatic heterocycles. The van der Waals surface area contributed by atoms with Gasteiger partial charge in [0, 0.05) is 24.8 Å². The summed E-state index contributed by atoms with van der Waals surface area (Å²) in [7, 11) is 1.68. The van der Waals surface area contributed by atoms with Gasteiger partial charge in [0.2, 0.25) is 0 Å². The van der Waals surface area contributed by atoms with Crippen LogP contribution in [0.3, 0.4) is 0 Å². The van der Waals surface area contributed by atoms with E-state index in [4.69, 9.17) is 4.74 Å². The summed E-state index contributed by atoms with van der Waals surface area (Å²) in [5.41, 5.74) is 1.97. The highest BCUT2D eigenvalue weighted by molar-refractivity contribution is 5.87. The Balaban J connectivity index is 1.67. The average Bonchev–Trinajstić information content (AvgIpc) is 2.76. The van der Waals surface area contributed by atoms with Gasteiger partial charge < -0.3 is 9.84 Å². The lowest BCUT2D eigenvalue weighted by molar-refractivity contribution is -0.138. The molecule has 4 rings (SSSR count). The second-order valence-electron chi connectivity index (χ2n) is 8.50. The molecule has 3 aromatic rings. The monoisotopic (exact) mass is 402 g/mol. The summed E-state index contributed by atoms with van der Waals surface area (Å²) in [4.78, 5) is 12.8. The number of rotatable bonds is 5. The number of aliphatic hydroxyl groups is 1. The number of benzene rings is 3. The minimum atomic E-state index is -1.27. The number of ketones is 1. The fourth-order valence-corrected chi connectivity index (χ4v) is 4.65. The van der Waals surface area contributed by atoms with Crippen molar-refractivity contribution in [3.8, 4) is 5.75 Å². The Morgan fingerprint density at radius 1 is 0.933 bits per heavy atom. The van der Waals surface area contributed by atoms with Crippen molar-refractivity contribution in [3.63, 3.8) is 0 Å². The van der Waals surface area contributed by atoms with Crippen LogP contribution in [0.1, 0.15) is 55.2 Å². The van der Waals surface area contributed by atoms with Crippen LogP contribution in [0.15, 0.2) is 60.7 Å². The molecule has 0 aromatic heterocycles. The molecule has 1 unspecified atom stereocenters. The van der Waals surface area contributed by atoms with E-state index in [9.17, 15) is 9.90 Å². The predicted octanol–water partition coefficient (Wildman–Crippen LogP) is 5.64. The van der Waals surface area contributed by atoms with Crippen molar-refractivity contribution in [1.29, 1.82) is 0 Å². The third-order valence-electron chi connectivity index (χ3n) is 6.39. The molecule has 3 aromatic carbocycles. The number of hydrogen-bond donors (Lipinski definition) is 1. The number of ether oxygens (including phenoxy) is 1. The molecule has 1 saturated carbocycles. The lowest BCUT2D eigenvalue weighted by Gasteiger charge is -2.30. The molecule has 1 fully saturated rings. The molecule has 1 atom stereocenters. The van der Waals surface area contributed by atoms with E-state index >= 15 is 0 Å². The van der Waals surface area contributed by atoms with Crippen molar-refractivity contribution in [2.75, 3.05) is 7.11 Å². The van der Waals surface area contributed by atoms with Gasteiger partial charge in [0.1, 0.15) is 11.4 Å². The van der Waals surface area contributed by atoms with E-state index in [2.05, 4.69) is 36.4 Å². The topological polar surface area (TPSA) is 46.5 Å². The molecule has 0 amide bonds. The fraction of sp³-hybridized carbons (Fsp3) is 0.370. The van der Waals surface area contributed by atoms with Gasteiger partial charge in [-0.1, -0.05) is 73.9 Å². The normalized spacial score (nSPS) is 20.0. The summed E-state index contributed by atoms with van der Waals surface area (Å²) in [6.45, 7) is 0. The maximum atomic E-state index is 12.8. The van der Waals surface area contributed by atoms with Gasteiger partial charge in [0.15, 0.2) is 5.78 Å². The predicted molar refractivity (Wildman–Crippen MR) is 121 cm³/mol. The van der Waals surface area contributed by atoms with E-state index in [-0.39, 0.29) is 5.78 Å². The molecule has 3 nitrogen and oxygen atoms in total. The molecule has 1 aliphatic carbocycles. The highest BCUT2D eigenvalue weighted by Gasteiger charge is 2.36. The van der Waals surface area contributed by atoms with Gasteiger partial charge in [-0.15, -0.1) is 0 Å². The Morgan fingerprint density at radius 3 is 2.57 bits per heavy atom. The summed E-state index contributed by atoms with van der Waals surface area (Å²) in [6.07, 6.45) is 6.00. The molecule has 0 heterocycles. The van der Waals surface area contributed by atoms with Crippen LogP contribution in [0, 0.1) is 0 Å². The Hall–Kier alpha value is -2.65. The van der Waals surface area contributed by atoms with Crippen LogP contribution < -0.4 is 4.74 Å². The van der Waals surface area contributed by atoms with Gasteiger partial charge in [0.25, 0.3) is 0 Å². The Bertz CT molecular complexity index is 1040. The highest BCUT2D eigenvalue weighted by atomic mass is 16.5. The first-order valence-corrected chi connectivity index (χ1v) is 11.0. The standard InChI is InChI=1S/C27H30O3/c1-30-25-12-8-11-23(19-27(29)16-7-3-2-4-13-26(27)28)24(25)18-20-14-15-21-9-5-6-10-22(21)17-20/h5-6,8-12,14-15,17,29H,2-4,7,13,16,18-19H2,1H3. The summed E-state index contributed by atoms with van der Waals surface area (Å²) in [5, 5.41) is 13.7. The van der Waals surface area contributed by atoms with Crippen LogP contribution in [-0.4, -0.2) is 23.6 Å². The lowest BCUT2D eigenvalue weighted by atomic mass is 9.80. The molecule has 1 N–H and O–H groups in total. The van der Waals surface area contributed by atoms with Crippen molar-refractivity contribution in [2.45, 2.75) is 57.0 Å². The van der Waals surface area contributed by atoms with E-state index in [1.165, 1.54) is 16.3 Å². The number of methoxy groups -OCH3 is 1. The summed E-state index contributed by atoms with van der Waals surface area (Å²) in [5.74, 6) is 0.796. The highest BCUT2D eigenvalue weighted by Crippen LogP contribution is 2.32. The molecule has 30 heavy (non-hydrogen) atoms. The van der Waals surface area contributed by atoms with Crippen LogP contribution in [0.5, 0.6) is 5.75 Å². The van der Waals surface area contributed by atoms with Gasteiger partial charge in [-0.3, -0.25) is 4.79 Å². The number of Topliss-reactive ketones (excluding diaryl/α,β-unsaturated/α-hetero) is 1. The van der Waals surface area contributed by atoms with Gasteiger partial charge in [0.05, 0.1) is 7.11 Å². The summed E-state index contributed by atoms with van der Waals surface area (Å²) < 4.78 is 5.67. The SMILES string of the molecule is COc1cccc(CC2(O)CCCCCCC2=O)c1Cc1ccc2ccccc2c1. The van der Waals surface area contributed by atoms with Crippen LogP contribution in [0.25, 0.3) is 10.8 Å². The fourth-order valence-electron chi connectivity index (χ4n) is 4.65. The molecule has 1 aliphatic rings. The minimum Gasteiger partial charge on any atom is -0.496 e. The molecule has 0 bridgehead atoms. The van der Waals surface area contributed by atoms with E-state index in [1.54, 1.807) is 7.11 Å². The third kappa shape index (κ3) is 4.41. The molecule has 0 saturated heterocycles. The van der Waals surface area contributed by atoms with Crippen LogP contribution >= 0.6 is 0 Å². The van der Waals surface area contributed by atoms with Crippen LogP contribution in [-0.2, 0) is 17.6 Å². The van der Waals surface area contributed by atoms with E-state index in [0.29, 0.717) is 25.7 Å². The maximum absolute atomic E-state index is 12.8.